The Labute approximate surface area is 242 Å². The van der Waals surface area contributed by atoms with E-state index in [1.807, 2.05) is 30.1 Å². The van der Waals surface area contributed by atoms with Gasteiger partial charge in [0.15, 0.2) is 0 Å². The molecule has 2 fully saturated rings. The molecule has 2 heterocycles. The average molecular weight is 571 g/mol. The first-order valence-corrected chi connectivity index (χ1v) is 14.9. The van der Waals surface area contributed by atoms with Gasteiger partial charge in [0.1, 0.15) is 5.15 Å². The molecule has 218 valence electrons. The number of rotatable bonds is 10. The van der Waals surface area contributed by atoms with Gasteiger partial charge >= 0.3 is 6.09 Å². The second kappa shape index (κ2) is 13.8. The molecule has 1 aromatic carbocycles. The number of hydrogen-bond acceptors (Lipinski definition) is 6. The smallest absolute Gasteiger partial charge is 0.406 e. The van der Waals surface area contributed by atoms with E-state index in [2.05, 4.69) is 34.7 Å². The van der Waals surface area contributed by atoms with Crippen LogP contribution in [0, 0.1) is 11.8 Å². The molecule has 1 aromatic heterocycles. The van der Waals surface area contributed by atoms with Crippen LogP contribution in [0.1, 0.15) is 63.0 Å². The first-order chi connectivity index (χ1) is 19.3. The van der Waals surface area contributed by atoms with Crippen molar-refractivity contribution in [1.29, 1.82) is 0 Å². The normalized spacial score (nSPS) is 22.5. The number of aryl methyl sites for hydroxylation is 1. The molecular formula is C31H43ClN4O4. The van der Waals surface area contributed by atoms with Gasteiger partial charge in [0.25, 0.3) is 0 Å². The number of nitrogens with zero attached hydrogens (tertiary/aromatic N) is 2. The van der Waals surface area contributed by atoms with Crippen LogP contribution in [0.15, 0.2) is 36.5 Å². The van der Waals surface area contributed by atoms with Crippen LogP contribution in [0.2, 0.25) is 5.15 Å². The third-order valence-electron chi connectivity index (χ3n) is 8.78. The third kappa shape index (κ3) is 6.78. The van der Waals surface area contributed by atoms with E-state index >= 15 is 0 Å². The van der Waals surface area contributed by atoms with E-state index in [1.54, 1.807) is 6.20 Å². The maximum Gasteiger partial charge on any atom is 0.406 e. The zero-order valence-electron chi connectivity index (χ0n) is 23.9. The molecule has 1 saturated heterocycles. The number of benzene rings is 1. The van der Waals surface area contributed by atoms with Crippen LogP contribution in [-0.4, -0.2) is 66.8 Å². The molecule has 1 aliphatic heterocycles. The Morgan fingerprint density at radius 1 is 1.25 bits per heavy atom. The predicted molar refractivity (Wildman–Crippen MR) is 157 cm³/mol. The molecule has 8 nitrogen and oxygen atoms in total. The van der Waals surface area contributed by atoms with Gasteiger partial charge in [-0.25, -0.2) is 9.78 Å². The van der Waals surface area contributed by atoms with E-state index in [9.17, 15) is 14.7 Å². The van der Waals surface area contributed by atoms with Crippen LogP contribution < -0.4 is 10.6 Å². The van der Waals surface area contributed by atoms with Crippen molar-refractivity contribution in [2.45, 2.75) is 69.9 Å². The number of nitrogens with one attached hydrogen (secondary N) is 2. The molecule has 0 bridgehead atoms. The summed E-state index contributed by atoms with van der Waals surface area (Å²) in [5, 5.41) is 19.1. The maximum atomic E-state index is 13.6. The molecule has 4 atom stereocenters. The number of aliphatic hydroxyl groups is 1. The van der Waals surface area contributed by atoms with Gasteiger partial charge in [0.05, 0.1) is 12.7 Å². The van der Waals surface area contributed by atoms with E-state index in [0.29, 0.717) is 49.2 Å². The molecule has 0 radical (unpaired) electrons. The summed E-state index contributed by atoms with van der Waals surface area (Å²) in [6, 6.07) is 10.4. The van der Waals surface area contributed by atoms with E-state index < -0.39 is 11.7 Å². The van der Waals surface area contributed by atoms with E-state index in [0.717, 1.165) is 49.7 Å². The molecule has 0 spiro atoms. The number of piperidine rings is 1. The van der Waals surface area contributed by atoms with E-state index in [4.69, 9.17) is 16.3 Å². The van der Waals surface area contributed by atoms with Gasteiger partial charge in [0.2, 0.25) is 5.91 Å². The fourth-order valence-corrected chi connectivity index (χ4v) is 6.76. The molecule has 3 N–H and O–H groups in total. The van der Waals surface area contributed by atoms with Crippen molar-refractivity contribution in [2.75, 3.05) is 33.8 Å². The molecule has 2 amide bonds. The number of ether oxygens (including phenoxy) is 1. The lowest BCUT2D eigenvalue weighted by molar-refractivity contribution is -0.140. The number of hydrogen-bond donors (Lipinski definition) is 3. The fourth-order valence-electron chi connectivity index (χ4n) is 6.49. The lowest BCUT2D eigenvalue weighted by Gasteiger charge is -2.44. The summed E-state index contributed by atoms with van der Waals surface area (Å²) in [5.74, 6) is 0.0217. The highest BCUT2D eigenvalue weighted by molar-refractivity contribution is 6.32. The molecule has 1 aliphatic carbocycles. The van der Waals surface area contributed by atoms with Crippen molar-refractivity contribution in [3.63, 3.8) is 0 Å². The highest BCUT2D eigenvalue weighted by Crippen LogP contribution is 2.45. The Morgan fingerprint density at radius 3 is 2.80 bits per heavy atom. The molecule has 4 rings (SSSR count). The summed E-state index contributed by atoms with van der Waals surface area (Å²) in [5.41, 5.74) is 2.23. The second-order valence-corrected chi connectivity index (χ2v) is 11.5. The first-order valence-electron chi connectivity index (χ1n) is 14.5. The van der Waals surface area contributed by atoms with Crippen LogP contribution in [-0.2, 0) is 21.6 Å². The van der Waals surface area contributed by atoms with Gasteiger partial charge in [-0.2, -0.15) is 0 Å². The number of aromatic nitrogens is 1. The molecule has 1 saturated carbocycles. The van der Waals surface area contributed by atoms with Crippen molar-refractivity contribution in [3.05, 3.63) is 52.8 Å². The molecule has 2 aliphatic rings. The minimum atomic E-state index is -1.29. The van der Waals surface area contributed by atoms with Crippen molar-refractivity contribution >= 4 is 23.6 Å². The largest absolute Gasteiger partial charge is 0.453 e. The number of alkyl carbamates (subject to hydrolysis) is 1. The van der Waals surface area contributed by atoms with E-state index in [-0.39, 0.29) is 17.7 Å². The van der Waals surface area contributed by atoms with Gasteiger partial charge in [0, 0.05) is 49.3 Å². The van der Waals surface area contributed by atoms with Gasteiger partial charge < -0.3 is 25.4 Å². The standard InChI is InChI=1S/C31H43ClN4O4/c1-4-21-8-5-9-22(18-21)27-26(13-16-34-28(27)32)31(39,14-7-15-35-30(38)40-3)24-10-6-17-36(20-24)29(37)23-11-12-25(19-23)33-2/h5,8-9,13,16,18,23-25,33,39H,4,6-7,10-12,14-15,17,19-20H2,1-3H3,(H,35,38)/t23-,24?,25-,31+/m1/s1. The maximum absolute atomic E-state index is 13.6. The first kappa shape index (κ1) is 30.3. The Morgan fingerprint density at radius 2 is 2.08 bits per heavy atom. The van der Waals surface area contributed by atoms with Gasteiger partial charge in [-0.1, -0.05) is 42.8 Å². The van der Waals surface area contributed by atoms with Crippen molar-refractivity contribution in [1.82, 2.24) is 20.5 Å². The lowest BCUT2D eigenvalue weighted by atomic mass is 9.72. The number of methoxy groups -OCH3 is 1. The molecular weight excluding hydrogens is 528 g/mol. The number of carbonyl (C=O) groups is 2. The summed E-state index contributed by atoms with van der Waals surface area (Å²) in [4.78, 5) is 31.6. The summed E-state index contributed by atoms with van der Waals surface area (Å²) in [6.07, 6.45) is 7.29. The fraction of sp³-hybridized carbons (Fsp3) is 0.581. The van der Waals surface area contributed by atoms with Crippen molar-refractivity contribution in [2.24, 2.45) is 11.8 Å². The van der Waals surface area contributed by atoms with Gasteiger partial charge in [-0.3, -0.25) is 4.79 Å². The summed E-state index contributed by atoms with van der Waals surface area (Å²) >= 11 is 6.75. The van der Waals surface area contributed by atoms with Crippen LogP contribution in [0.25, 0.3) is 11.1 Å². The number of halogens is 1. The molecule has 2 aromatic rings. The minimum Gasteiger partial charge on any atom is -0.453 e. The van der Waals surface area contributed by atoms with Gasteiger partial charge in [-0.05, 0) is 81.2 Å². The minimum absolute atomic E-state index is 0.0243. The number of amides is 2. The number of likely N-dealkylation sites (tertiary alicyclic amines) is 1. The highest BCUT2D eigenvalue weighted by Gasteiger charge is 2.44. The van der Waals surface area contributed by atoms with Crippen molar-refractivity contribution in [3.8, 4) is 11.1 Å². The predicted octanol–water partition coefficient (Wildman–Crippen LogP) is 4.91. The van der Waals surface area contributed by atoms with Crippen molar-refractivity contribution < 1.29 is 19.4 Å². The Balaban J connectivity index is 1.67. The third-order valence-corrected chi connectivity index (χ3v) is 9.07. The summed E-state index contributed by atoms with van der Waals surface area (Å²) in [6.45, 7) is 3.65. The average Bonchev–Trinajstić information content (AvgIpc) is 3.48. The molecule has 9 heteroatoms. The van der Waals surface area contributed by atoms with Crippen LogP contribution in [0.4, 0.5) is 4.79 Å². The molecule has 1 unspecified atom stereocenters. The Kier molecular flexibility index (Phi) is 10.4. The van der Waals surface area contributed by atoms with E-state index in [1.165, 1.54) is 12.7 Å². The summed E-state index contributed by atoms with van der Waals surface area (Å²) < 4.78 is 4.72. The Hall–Kier alpha value is -2.68. The SMILES string of the molecule is CCc1cccc(-c2c([C@](O)(CCCNC(=O)OC)C3CCCN(C(=O)[C@@H]4CC[C@@H](NC)C4)C3)ccnc2Cl)c1. The van der Waals surface area contributed by atoms with Crippen LogP contribution >= 0.6 is 11.6 Å². The second-order valence-electron chi connectivity index (χ2n) is 11.1. The van der Waals surface area contributed by atoms with Crippen LogP contribution in [0.3, 0.4) is 0 Å². The zero-order valence-corrected chi connectivity index (χ0v) is 24.7. The summed E-state index contributed by atoms with van der Waals surface area (Å²) in [7, 11) is 3.29. The Bertz CT molecular complexity index is 1180. The van der Waals surface area contributed by atoms with Gasteiger partial charge in [-0.15, -0.1) is 0 Å². The number of pyridine rings is 1. The topological polar surface area (TPSA) is 104 Å². The quantitative estimate of drug-likeness (QED) is 0.277. The lowest BCUT2D eigenvalue weighted by Crippen LogP contribution is -2.49. The van der Waals surface area contributed by atoms with Crippen LogP contribution in [0.5, 0.6) is 0 Å². The highest BCUT2D eigenvalue weighted by atomic mass is 35.5. The monoisotopic (exact) mass is 570 g/mol. The molecule has 40 heavy (non-hydrogen) atoms. The zero-order chi connectivity index (χ0) is 28.7. The number of carbonyl (C=O) groups excluding carboxylic acids is 2.